The van der Waals surface area contributed by atoms with Gasteiger partial charge in [0.2, 0.25) is 0 Å². The van der Waals surface area contributed by atoms with Gasteiger partial charge in [0.05, 0.1) is 10.6 Å². The number of nitro benzene ring substituents is 1. The molecule has 0 bridgehead atoms. The molecule has 0 saturated carbocycles. The van der Waals surface area contributed by atoms with Crippen LogP contribution in [0.4, 0.5) is 11.4 Å². The first-order chi connectivity index (χ1) is 7.04. The summed E-state index contributed by atoms with van der Waals surface area (Å²) in [5.41, 5.74) is 6.20. The van der Waals surface area contributed by atoms with E-state index in [-0.39, 0.29) is 11.7 Å². The van der Waals surface area contributed by atoms with Crippen molar-refractivity contribution in [1.82, 2.24) is 0 Å². The topological polar surface area (TPSA) is 81.2 Å². The van der Waals surface area contributed by atoms with Gasteiger partial charge in [0.25, 0.3) is 5.69 Å². The molecule has 6 heteroatoms. The van der Waals surface area contributed by atoms with E-state index in [1.54, 1.807) is 6.07 Å². The van der Waals surface area contributed by atoms with E-state index in [0.717, 1.165) is 4.47 Å². The van der Waals surface area contributed by atoms with E-state index < -0.39 is 4.92 Å². The third-order valence-electron chi connectivity index (χ3n) is 1.92. The molecule has 0 aliphatic rings. The van der Waals surface area contributed by atoms with Crippen LogP contribution in [0.3, 0.4) is 0 Å². The second-order valence-electron chi connectivity index (χ2n) is 3.20. The first-order valence-corrected chi connectivity index (χ1v) is 5.24. The maximum absolute atomic E-state index is 10.6. The molecule has 0 aliphatic heterocycles. The highest BCUT2D eigenvalue weighted by Gasteiger charge is 2.10. The Labute approximate surface area is 95.9 Å². The van der Waals surface area contributed by atoms with E-state index in [0.29, 0.717) is 12.2 Å². The van der Waals surface area contributed by atoms with Gasteiger partial charge >= 0.3 is 0 Å². The molecule has 3 N–H and O–H groups in total. The Bertz CT molecular complexity index is 370. The SMILES string of the molecule is CC(CN)Nc1cc([N+](=O)[O-])ccc1Br. The van der Waals surface area contributed by atoms with E-state index in [4.69, 9.17) is 5.73 Å². The normalized spacial score (nSPS) is 12.2. The van der Waals surface area contributed by atoms with Crippen molar-refractivity contribution in [2.24, 2.45) is 5.73 Å². The Hall–Kier alpha value is -1.14. The van der Waals surface area contributed by atoms with Gasteiger partial charge in [0.15, 0.2) is 0 Å². The minimum atomic E-state index is -0.426. The molecule has 0 aliphatic carbocycles. The monoisotopic (exact) mass is 273 g/mol. The predicted molar refractivity (Wildman–Crippen MR) is 62.9 cm³/mol. The fourth-order valence-corrected chi connectivity index (χ4v) is 1.42. The number of hydrogen-bond acceptors (Lipinski definition) is 4. The minimum absolute atomic E-state index is 0.0601. The van der Waals surface area contributed by atoms with E-state index in [9.17, 15) is 10.1 Å². The lowest BCUT2D eigenvalue weighted by atomic mass is 10.2. The first-order valence-electron chi connectivity index (χ1n) is 4.45. The third-order valence-corrected chi connectivity index (χ3v) is 2.61. The second-order valence-corrected chi connectivity index (χ2v) is 4.06. The van der Waals surface area contributed by atoms with Crippen LogP contribution in [0.5, 0.6) is 0 Å². The lowest BCUT2D eigenvalue weighted by Crippen LogP contribution is -2.25. The fourth-order valence-electron chi connectivity index (χ4n) is 1.06. The molecule has 0 saturated heterocycles. The quantitative estimate of drug-likeness (QED) is 0.650. The molecule has 82 valence electrons. The number of rotatable bonds is 4. The van der Waals surface area contributed by atoms with Crippen molar-refractivity contribution in [2.75, 3.05) is 11.9 Å². The zero-order chi connectivity index (χ0) is 11.4. The van der Waals surface area contributed by atoms with Crippen molar-refractivity contribution in [3.63, 3.8) is 0 Å². The molecule has 0 heterocycles. The summed E-state index contributed by atoms with van der Waals surface area (Å²) in [4.78, 5) is 10.1. The van der Waals surface area contributed by atoms with E-state index in [2.05, 4.69) is 21.2 Å². The lowest BCUT2D eigenvalue weighted by molar-refractivity contribution is -0.384. The van der Waals surface area contributed by atoms with Crippen molar-refractivity contribution >= 4 is 27.3 Å². The Morgan fingerprint density at radius 3 is 2.87 bits per heavy atom. The molecule has 0 amide bonds. The molecule has 1 rings (SSSR count). The Balaban J connectivity index is 2.95. The summed E-state index contributed by atoms with van der Waals surface area (Å²) < 4.78 is 0.786. The summed E-state index contributed by atoms with van der Waals surface area (Å²) >= 11 is 3.31. The number of nitrogens with zero attached hydrogens (tertiary/aromatic N) is 1. The number of benzene rings is 1. The molecule has 15 heavy (non-hydrogen) atoms. The molecular formula is C9H12BrN3O2. The lowest BCUT2D eigenvalue weighted by Gasteiger charge is -2.13. The Kier molecular flexibility index (Phi) is 4.05. The van der Waals surface area contributed by atoms with Gasteiger partial charge in [-0.05, 0) is 28.9 Å². The van der Waals surface area contributed by atoms with Crippen LogP contribution in [0.1, 0.15) is 6.92 Å². The third kappa shape index (κ3) is 3.17. The number of nitrogens with two attached hydrogens (primary N) is 1. The van der Waals surface area contributed by atoms with Crippen LogP contribution in [0.15, 0.2) is 22.7 Å². The molecule has 1 unspecified atom stereocenters. The molecule has 0 radical (unpaired) electrons. The van der Waals surface area contributed by atoms with Crippen molar-refractivity contribution in [3.05, 3.63) is 32.8 Å². The highest BCUT2D eigenvalue weighted by atomic mass is 79.9. The Morgan fingerprint density at radius 2 is 2.33 bits per heavy atom. The average Bonchev–Trinajstić information content (AvgIpc) is 2.20. The highest BCUT2D eigenvalue weighted by molar-refractivity contribution is 9.10. The van der Waals surface area contributed by atoms with Gasteiger partial charge in [-0.15, -0.1) is 0 Å². The zero-order valence-electron chi connectivity index (χ0n) is 8.24. The van der Waals surface area contributed by atoms with Gasteiger partial charge < -0.3 is 11.1 Å². The molecule has 0 aromatic heterocycles. The highest BCUT2D eigenvalue weighted by Crippen LogP contribution is 2.27. The average molecular weight is 274 g/mol. The predicted octanol–water partition coefficient (Wildman–Crippen LogP) is 2.12. The molecular weight excluding hydrogens is 262 g/mol. The summed E-state index contributed by atoms with van der Waals surface area (Å²) in [6, 6.07) is 4.64. The van der Waals surface area contributed by atoms with Crippen molar-refractivity contribution in [3.8, 4) is 0 Å². The number of anilines is 1. The molecule has 1 atom stereocenters. The van der Waals surface area contributed by atoms with Crippen LogP contribution < -0.4 is 11.1 Å². The Morgan fingerprint density at radius 1 is 1.67 bits per heavy atom. The number of hydrogen-bond donors (Lipinski definition) is 2. The van der Waals surface area contributed by atoms with Crippen LogP contribution in [0.2, 0.25) is 0 Å². The summed E-state index contributed by atoms with van der Waals surface area (Å²) in [7, 11) is 0. The van der Waals surface area contributed by atoms with Crippen LogP contribution in [-0.4, -0.2) is 17.5 Å². The largest absolute Gasteiger partial charge is 0.380 e. The number of nitrogens with one attached hydrogen (secondary N) is 1. The summed E-state index contributed by atoms with van der Waals surface area (Å²) in [6.45, 7) is 2.38. The molecule has 1 aromatic carbocycles. The molecule has 5 nitrogen and oxygen atoms in total. The van der Waals surface area contributed by atoms with Gasteiger partial charge in [0.1, 0.15) is 0 Å². The van der Waals surface area contributed by atoms with Crippen LogP contribution >= 0.6 is 15.9 Å². The van der Waals surface area contributed by atoms with Crippen LogP contribution in [-0.2, 0) is 0 Å². The van der Waals surface area contributed by atoms with Crippen LogP contribution in [0.25, 0.3) is 0 Å². The number of nitro groups is 1. The maximum Gasteiger partial charge on any atom is 0.271 e. The van der Waals surface area contributed by atoms with E-state index in [1.807, 2.05) is 6.92 Å². The van der Waals surface area contributed by atoms with Crippen molar-refractivity contribution in [1.29, 1.82) is 0 Å². The summed E-state index contributed by atoms with van der Waals surface area (Å²) in [6.07, 6.45) is 0. The van der Waals surface area contributed by atoms with Gasteiger partial charge in [-0.2, -0.15) is 0 Å². The number of halogens is 1. The maximum atomic E-state index is 10.6. The van der Waals surface area contributed by atoms with Crippen molar-refractivity contribution < 1.29 is 4.92 Å². The first kappa shape index (κ1) is 11.9. The van der Waals surface area contributed by atoms with Crippen LogP contribution in [0, 0.1) is 10.1 Å². The van der Waals surface area contributed by atoms with Crippen molar-refractivity contribution in [2.45, 2.75) is 13.0 Å². The minimum Gasteiger partial charge on any atom is -0.380 e. The fraction of sp³-hybridized carbons (Fsp3) is 0.333. The van der Waals surface area contributed by atoms with Gasteiger partial charge in [-0.3, -0.25) is 10.1 Å². The van der Waals surface area contributed by atoms with E-state index in [1.165, 1.54) is 12.1 Å². The summed E-state index contributed by atoms with van der Waals surface area (Å²) in [5, 5.41) is 13.6. The molecule has 1 aromatic rings. The smallest absolute Gasteiger partial charge is 0.271 e. The van der Waals surface area contributed by atoms with E-state index >= 15 is 0 Å². The van der Waals surface area contributed by atoms with Gasteiger partial charge in [-0.1, -0.05) is 0 Å². The van der Waals surface area contributed by atoms with Gasteiger partial charge in [0, 0.05) is 29.2 Å². The zero-order valence-corrected chi connectivity index (χ0v) is 9.82. The second kappa shape index (κ2) is 5.09. The standard InChI is InChI=1S/C9H12BrN3O2/c1-6(5-11)12-9-4-7(13(14)15)2-3-8(9)10/h2-4,6,12H,5,11H2,1H3. The molecule has 0 fully saturated rings. The van der Waals surface area contributed by atoms with Gasteiger partial charge in [-0.25, -0.2) is 0 Å². The summed E-state index contributed by atoms with van der Waals surface area (Å²) in [5.74, 6) is 0. The number of non-ortho nitro benzene ring substituents is 1. The molecule has 0 spiro atoms.